The third-order valence-electron chi connectivity index (χ3n) is 9.37. The molecule has 0 bridgehead atoms. The van der Waals surface area contributed by atoms with E-state index in [2.05, 4.69) is 10.4 Å². The number of aromatic nitrogens is 2. The monoisotopic (exact) mass is 641 g/mol. The van der Waals surface area contributed by atoms with Crippen LogP contribution in [-0.2, 0) is 16.6 Å². The largest absolute Gasteiger partial charge is 0.338 e. The SMILES string of the molecule is Cc1nn(C)c(Cl)c1C1C(C(=O)c2cccs2)C(c2ccc(Cl)cc2)C(C(=O)N2CCNCC2)N1C(=O)C1CCCCC1. The Balaban J connectivity index is 1.60. The van der Waals surface area contributed by atoms with Crippen molar-refractivity contribution in [2.45, 2.75) is 57.0 Å². The predicted molar refractivity (Wildman–Crippen MR) is 169 cm³/mol. The predicted octanol–water partition coefficient (Wildman–Crippen LogP) is 5.64. The molecule has 228 valence electrons. The van der Waals surface area contributed by atoms with E-state index in [1.54, 1.807) is 28.8 Å². The number of likely N-dealkylation sites (tertiary alicyclic amines) is 1. The number of rotatable bonds is 6. The maximum absolute atomic E-state index is 14.8. The molecule has 1 N–H and O–H groups in total. The summed E-state index contributed by atoms with van der Waals surface area (Å²) in [6, 6.07) is 9.39. The summed E-state index contributed by atoms with van der Waals surface area (Å²) in [6.45, 7) is 4.29. The molecule has 1 saturated carbocycles. The van der Waals surface area contributed by atoms with Gasteiger partial charge in [-0.05, 0) is 48.9 Å². The second-order valence-corrected chi connectivity index (χ2v) is 13.6. The number of ketones is 1. The second kappa shape index (κ2) is 12.7. The van der Waals surface area contributed by atoms with Crippen molar-refractivity contribution in [2.24, 2.45) is 18.9 Å². The van der Waals surface area contributed by atoms with Crippen LogP contribution >= 0.6 is 34.5 Å². The Labute approximate surface area is 266 Å². The van der Waals surface area contributed by atoms with Gasteiger partial charge in [0, 0.05) is 55.6 Å². The highest BCUT2D eigenvalue weighted by Crippen LogP contribution is 2.54. The van der Waals surface area contributed by atoms with Gasteiger partial charge >= 0.3 is 0 Å². The Morgan fingerprint density at radius 3 is 2.28 bits per heavy atom. The zero-order chi connectivity index (χ0) is 30.2. The molecule has 3 fully saturated rings. The lowest BCUT2D eigenvalue weighted by Crippen LogP contribution is -2.55. The summed E-state index contributed by atoms with van der Waals surface area (Å²) in [5.74, 6) is -1.89. The Morgan fingerprint density at radius 2 is 1.67 bits per heavy atom. The molecule has 6 rings (SSSR count). The molecule has 4 atom stereocenters. The third-order valence-corrected chi connectivity index (χ3v) is 11.0. The number of Topliss-reactive ketones (excluding diaryl/α,β-unsaturated/α-hetero) is 1. The zero-order valence-corrected chi connectivity index (χ0v) is 26.8. The number of aryl methyl sites for hydroxylation is 2. The Bertz CT molecular complexity index is 1480. The fraction of sp³-hybridized carbons (Fsp3) is 0.500. The fourth-order valence-corrected chi connectivity index (χ4v) is 8.48. The molecule has 0 radical (unpaired) electrons. The smallest absolute Gasteiger partial charge is 0.246 e. The number of benzene rings is 1. The first-order chi connectivity index (χ1) is 20.8. The normalized spacial score (nSPS) is 24.8. The quantitative estimate of drug-likeness (QED) is 0.352. The van der Waals surface area contributed by atoms with Crippen molar-refractivity contribution in [2.75, 3.05) is 26.2 Å². The first-order valence-corrected chi connectivity index (χ1v) is 16.7. The number of piperazine rings is 1. The van der Waals surface area contributed by atoms with Crippen LogP contribution in [-0.4, -0.2) is 69.4 Å². The van der Waals surface area contributed by atoms with Crippen molar-refractivity contribution in [3.8, 4) is 0 Å². The zero-order valence-electron chi connectivity index (χ0n) is 24.5. The molecule has 11 heteroatoms. The van der Waals surface area contributed by atoms with Gasteiger partial charge in [0.2, 0.25) is 11.8 Å². The number of hydrogen-bond acceptors (Lipinski definition) is 6. The Kier molecular flexibility index (Phi) is 8.96. The molecule has 2 saturated heterocycles. The lowest BCUT2D eigenvalue weighted by Gasteiger charge is -2.38. The summed E-state index contributed by atoms with van der Waals surface area (Å²) >= 11 is 14.7. The number of halogens is 2. The average Bonchev–Trinajstić information content (AvgIpc) is 3.74. The average molecular weight is 643 g/mol. The second-order valence-electron chi connectivity index (χ2n) is 11.9. The molecule has 43 heavy (non-hydrogen) atoms. The van der Waals surface area contributed by atoms with E-state index in [0.717, 1.165) is 37.7 Å². The molecule has 1 aromatic carbocycles. The summed E-state index contributed by atoms with van der Waals surface area (Å²) in [5, 5.41) is 10.7. The van der Waals surface area contributed by atoms with Crippen LogP contribution in [0.25, 0.3) is 0 Å². The van der Waals surface area contributed by atoms with Gasteiger partial charge in [-0.25, -0.2) is 0 Å². The summed E-state index contributed by atoms with van der Waals surface area (Å²) < 4.78 is 1.59. The van der Waals surface area contributed by atoms with E-state index in [-0.39, 0.29) is 23.5 Å². The summed E-state index contributed by atoms with van der Waals surface area (Å²) in [4.78, 5) is 48.5. The van der Waals surface area contributed by atoms with Crippen LogP contribution in [0.3, 0.4) is 0 Å². The van der Waals surface area contributed by atoms with E-state index in [1.807, 2.05) is 41.5 Å². The third kappa shape index (κ3) is 5.65. The fourth-order valence-electron chi connectivity index (χ4n) is 7.36. The number of thiophene rings is 1. The van der Waals surface area contributed by atoms with Gasteiger partial charge < -0.3 is 15.1 Å². The first-order valence-electron chi connectivity index (χ1n) is 15.1. The molecule has 3 aromatic rings. The minimum Gasteiger partial charge on any atom is -0.338 e. The van der Waals surface area contributed by atoms with Crippen LogP contribution in [0.5, 0.6) is 0 Å². The summed E-state index contributed by atoms with van der Waals surface area (Å²) in [6.07, 6.45) is 4.57. The van der Waals surface area contributed by atoms with Crippen molar-refractivity contribution in [3.63, 3.8) is 0 Å². The van der Waals surface area contributed by atoms with Gasteiger partial charge in [-0.2, -0.15) is 5.10 Å². The van der Waals surface area contributed by atoms with Gasteiger partial charge in [0.25, 0.3) is 0 Å². The number of carbonyl (C=O) groups is 3. The highest BCUT2D eigenvalue weighted by atomic mass is 35.5. The van der Waals surface area contributed by atoms with Crippen molar-refractivity contribution in [1.82, 2.24) is 24.9 Å². The van der Waals surface area contributed by atoms with Gasteiger partial charge in [-0.3, -0.25) is 19.1 Å². The maximum Gasteiger partial charge on any atom is 0.246 e. The standard InChI is InChI=1S/C32H37Cl2N5O3S/c1-19-24(30(34)37(2)36-19)27-26(29(40)23-9-6-18-43-23)25(20-10-12-22(33)13-11-20)28(32(42)38-16-14-35-15-17-38)39(27)31(41)21-7-4-3-5-8-21/h6,9-13,18,21,25-28,35H,3-5,7-8,14-17H2,1-2H3. The topological polar surface area (TPSA) is 87.5 Å². The van der Waals surface area contributed by atoms with Crippen molar-refractivity contribution in [3.05, 3.63) is 73.7 Å². The number of nitrogens with one attached hydrogen (secondary N) is 1. The number of nitrogens with zero attached hydrogens (tertiary/aromatic N) is 4. The van der Waals surface area contributed by atoms with Crippen molar-refractivity contribution < 1.29 is 14.4 Å². The van der Waals surface area contributed by atoms with Crippen molar-refractivity contribution in [1.29, 1.82) is 0 Å². The van der Waals surface area contributed by atoms with Crippen LogP contribution in [0.1, 0.15) is 70.6 Å². The molecule has 4 unspecified atom stereocenters. The first kappa shape index (κ1) is 30.3. The molecule has 0 spiro atoms. The van der Waals surface area contributed by atoms with Gasteiger partial charge in [-0.15, -0.1) is 11.3 Å². The van der Waals surface area contributed by atoms with E-state index in [9.17, 15) is 14.4 Å². The van der Waals surface area contributed by atoms with Crippen LogP contribution in [0.4, 0.5) is 0 Å². The van der Waals surface area contributed by atoms with E-state index < -0.39 is 23.9 Å². The molecule has 4 heterocycles. The molecule has 2 aromatic heterocycles. The van der Waals surface area contributed by atoms with E-state index in [4.69, 9.17) is 23.2 Å². The highest BCUT2D eigenvalue weighted by molar-refractivity contribution is 7.12. The lowest BCUT2D eigenvalue weighted by molar-refractivity contribution is -0.149. The van der Waals surface area contributed by atoms with E-state index >= 15 is 0 Å². The minimum absolute atomic E-state index is 0.0713. The van der Waals surface area contributed by atoms with E-state index in [0.29, 0.717) is 52.5 Å². The van der Waals surface area contributed by atoms with Crippen LogP contribution < -0.4 is 5.32 Å². The van der Waals surface area contributed by atoms with Gasteiger partial charge in [0.05, 0.1) is 22.5 Å². The minimum atomic E-state index is -0.886. The Hall–Kier alpha value is -2.72. The number of hydrogen-bond donors (Lipinski definition) is 1. The van der Waals surface area contributed by atoms with Gasteiger partial charge in [0.15, 0.2) is 5.78 Å². The molecule has 2 amide bonds. The van der Waals surface area contributed by atoms with Crippen LogP contribution in [0.15, 0.2) is 41.8 Å². The molecule has 3 aliphatic rings. The Morgan fingerprint density at radius 1 is 0.977 bits per heavy atom. The van der Waals surface area contributed by atoms with Crippen molar-refractivity contribution >= 4 is 52.1 Å². The molecular formula is C32H37Cl2N5O3S. The molecule has 2 aliphatic heterocycles. The maximum atomic E-state index is 14.8. The molecular weight excluding hydrogens is 605 g/mol. The van der Waals surface area contributed by atoms with Crippen LogP contribution in [0, 0.1) is 18.8 Å². The molecule has 8 nitrogen and oxygen atoms in total. The highest BCUT2D eigenvalue weighted by Gasteiger charge is 2.60. The summed E-state index contributed by atoms with van der Waals surface area (Å²) in [5.41, 5.74) is 2.08. The lowest BCUT2D eigenvalue weighted by atomic mass is 9.77. The number of carbonyl (C=O) groups excluding carboxylic acids is 3. The molecule has 1 aliphatic carbocycles. The number of amides is 2. The van der Waals surface area contributed by atoms with E-state index in [1.165, 1.54) is 11.3 Å². The summed E-state index contributed by atoms with van der Waals surface area (Å²) in [7, 11) is 1.76. The van der Waals surface area contributed by atoms with Gasteiger partial charge in [0.1, 0.15) is 11.2 Å². The van der Waals surface area contributed by atoms with Crippen LogP contribution in [0.2, 0.25) is 10.2 Å². The van der Waals surface area contributed by atoms with Gasteiger partial charge in [-0.1, -0.05) is 60.7 Å².